The number of carbonyl (C=O) groups excluding carboxylic acids is 2. The maximum absolute atomic E-state index is 12.9. The summed E-state index contributed by atoms with van der Waals surface area (Å²) in [7, 11) is 2.07. The molecule has 0 saturated carbocycles. The molecule has 0 spiro atoms. The molecule has 2 amide bonds. The molecule has 0 unspecified atom stereocenters. The first-order chi connectivity index (χ1) is 16.0. The number of nitrogens with two attached hydrogens (primary N) is 1. The molecule has 3 heterocycles. The smallest absolute Gasteiger partial charge is 0.257 e. The van der Waals surface area contributed by atoms with Crippen LogP contribution in [0.15, 0.2) is 42.6 Å². The Morgan fingerprint density at radius 1 is 1.12 bits per heavy atom. The second-order valence-corrected chi connectivity index (χ2v) is 8.15. The molecule has 33 heavy (non-hydrogen) atoms. The van der Waals surface area contributed by atoms with Gasteiger partial charge in [-0.2, -0.15) is 0 Å². The van der Waals surface area contributed by atoms with Crippen LogP contribution in [0.1, 0.15) is 33.3 Å². The van der Waals surface area contributed by atoms with Crippen molar-refractivity contribution in [2.45, 2.75) is 13.3 Å². The van der Waals surface area contributed by atoms with E-state index in [0.717, 1.165) is 63.0 Å². The third-order valence-electron chi connectivity index (χ3n) is 5.90. The summed E-state index contributed by atoms with van der Waals surface area (Å²) in [6.45, 7) is 7.34. The molecule has 2 aromatic heterocycles. The van der Waals surface area contributed by atoms with E-state index < -0.39 is 5.91 Å². The predicted octanol–water partition coefficient (Wildman–Crippen LogP) is 2.02. The molecular weight excluding hydrogens is 420 g/mol. The third-order valence-corrected chi connectivity index (χ3v) is 5.90. The highest BCUT2D eigenvalue weighted by molar-refractivity contribution is 6.04. The standard InChI is InChI=1S/C24H30N6O3/c1-3-20-24(28(2)10-11-29-12-14-33-15-13-29)30-16-18(6-9-21(30)27-20)23(32)26-19-7-4-17(5-8-19)22(25)31/h4-9,16H,3,10-15H2,1-2H3,(H2,25,31)(H,26,32). The summed E-state index contributed by atoms with van der Waals surface area (Å²) in [5.74, 6) is 0.258. The number of benzene rings is 1. The lowest BCUT2D eigenvalue weighted by Crippen LogP contribution is -2.41. The number of ether oxygens (including phenoxy) is 1. The lowest BCUT2D eigenvalue weighted by Gasteiger charge is -2.29. The molecule has 1 fully saturated rings. The second kappa shape index (κ2) is 10.0. The first-order valence-corrected chi connectivity index (χ1v) is 11.2. The van der Waals surface area contributed by atoms with Gasteiger partial charge in [-0.15, -0.1) is 0 Å². The number of nitrogens with one attached hydrogen (secondary N) is 1. The average Bonchev–Trinajstić information content (AvgIpc) is 3.21. The van der Waals surface area contributed by atoms with Crippen molar-refractivity contribution in [3.05, 3.63) is 59.4 Å². The van der Waals surface area contributed by atoms with E-state index in [9.17, 15) is 9.59 Å². The average molecular weight is 451 g/mol. The van der Waals surface area contributed by atoms with E-state index in [-0.39, 0.29) is 5.91 Å². The molecule has 1 aromatic carbocycles. The van der Waals surface area contributed by atoms with Crippen LogP contribution in [-0.4, -0.2) is 72.5 Å². The molecule has 4 rings (SSSR count). The molecule has 174 valence electrons. The zero-order valence-corrected chi connectivity index (χ0v) is 19.1. The number of aromatic nitrogens is 2. The van der Waals surface area contributed by atoms with E-state index in [1.165, 1.54) is 0 Å². The van der Waals surface area contributed by atoms with Crippen molar-refractivity contribution in [2.75, 3.05) is 56.7 Å². The Balaban J connectivity index is 1.54. The molecule has 3 N–H and O–H groups in total. The Bertz CT molecular complexity index is 1140. The summed E-state index contributed by atoms with van der Waals surface area (Å²) >= 11 is 0. The van der Waals surface area contributed by atoms with Gasteiger partial charge in [-0.05, 0) is 42.8 Å². The fourth-order valence-electron chi connectivity index (χ4n) is 4.00. The van der Waals surface area contributed by atoms with E-state index in [4.69, 9.17) is 15.5 Å². The van der Waals surface area contributed by atoms with E-state index in [1.807, 2.05) is 16.7 Å². The predicted molar refractivity (Wildman–Crippen MR) is 128 cm³/mol. The van der Waals surface area contributed by atoms with Gasteiger partial charge in [-0.1, -0.05) is 6.92 Å². The van der Waals surface area contributed by atoms with Crippen LogP contribution in [0.4, 0.5) is 11.5 Å². The summed E-state index contributed by atoms with van der Waals surface area (Å²) in [5.41, 5.74) is 8.59. The molecule has 1 aliphatic heterocycles. The molecule has 1 aliphatic rings. The van der Waals surface area contributed by atoms with Crippen LogP contribution in [0.2, 0.25) is 0 Å². The van der Waals surface area contributed by atoms with Gasteiger partial charge in [0.1, 0.15) is 11.5 Å². The van der Waals surface area contributed by atoms with Gasteiger partial charge in [0.2, 0.25) is 5.91 Å². The number of likely N-dealkylation sites (N-methyl/N-ethyl adjacent to an activating group) is 1. The van der Waals surface area contributed by atoms with Crippen molar-refractivity contribution >= 4 is 29.0 Å². The van der Waals surface area contributed by atoms with Crippen LogP contribution in [0, 0.1) is 0 Å². The number of anilines is 2. The maximum atomic E-state index is 12.9. The number of nitrogens with zero attached hydrogens (tertiary/aromatic N) is 4. The number of primary amides is 1. The zero-order valence-electron chi connectivity index (χ0n) is 19.1. The molecule has 9 nitrogen and oxygen atoms in total. The van der Waals surface area contributed by atoms with Crippen LogP contribution in [-0.2, 0) is 11.2 Å². The van der Waals surface area contributed by atoms with Crippen molar-refractivity contribution in [3.63, 3.8) is 0 Å². The van der Waals surface area contributed by atoms with E-state index in [2.05, 4.69) is 29.1 Å². The van der Waals surface area contributed by atoms with Crippen molar-refractivity contribution in [2.24, 2.45) is 5.73 Å². The van der Waals surface area contributed by atoms with Crippen LogP contribution >= 0.6 is 0 Å². The summed E-state index contributed by atoms with van der Waals surface area (Å²) in [4.78, 5) is 33.5. The Morgan fingerprint density at radius 2 is 1.82 bits per heavy atom. The lowest BCUT2D eigenvalue weighted by atomic mass is 10.2. The van der Waals surface area contributed by atoms with Crippen LogP contribution < -0.4 is 16.0 Å². The minimum absolute atomic E-state index is 0.239. The number of morpholine rings is 1. The quantitative estimate of drug-likeness (QED) is 0.544. The molecule has 0 atom stereocenters. The van der Waals surface area contributed by atoms with Gasteiger partial charge >= 0.3 is 0 Å². The molecule has 3 aromatic rings. The Kier molecular flexibility index (Phi) is 6.90. The molecular formula is C24H30N6O3. The number of hydrogen-bond acceptors (Lipinski definition) is 6. The first kappa shape index (κ1) is 22.8. The third kappa shape index (κ3) is 5.15. The number of amides is 2. The van der Waals surface area contributed by atoms with Gasteiger partial charge in [0.05, 0.1) is 24.5 Å². The summed E-state index contributed by atoms with van der Waals surface area (Å²) in [6.07, 6.45) is 2.63. The largest absolute Gasteiger partial charge is 0.379 e. The topological polar surface area (TPSA) is 105 Å². The lowest BCUT2D eigenvalue weighted by molar-refractivity contribution is 0.0392. The van der Waals surface area contributed by atoms with Gasteiger partial charge in [0.25, 0.3) is 5.91 Å². The first-order valence-electron chi connectivity index (χ1n) is 11.2. The minimum Gasteiger partial charge on any atom is -0.379 e. The summed E-state index contributed by atoms with van der Waals surface area (Å²) < 4.78 is 7.43. The monoisotopic (exact) mass is 450 g/mol. The van der Waals surface area contributed by atoms with Gasteiger partial charge < -0.3 is 20.7 Å². The van der Waals surface area contributed by atoms with Crippen LogP contribution in [0.3, 0.4) is 0 Å². The van der Waals surface area contributed by atoms with Crippen molar-refractivity contribution in [1.82, 2.24) is 14.3 Å². The van der Waals surface area contributed by atoms with Crippen molar-refractivity contribution in [3.8, 4) is 0 Å². The zero-order chi connectivity index (χ0) is 23.4. The van der Waals surface area contributed by atoms with Crippen LogP contribution in [0.25, 0.3) is 5.65 Å². The number of pyridine rings is 1. The summed E-state index contributed by atoms with van der Waals surface area (Å²) in [5, 5.41) is 2.87. The van der Waals surface area contributed by atoms with Crippen molar-refractivity contribution < 1.29 is 14.3 Å². The van der Waals surface area contributed by atoms with Gasteiger partial charge in [-0.3, -0.25) is 18.9 Å². The van der Waals surface area contributed by atoms with Gasteiger partial charge in [-0.25, -0.2) is 4.98 Å². The highest BCUT2D eigenvalue weighted by atomic mass is 16.5. The number of aryl methyl sites for hydroxylation is 1. The SMILES string of the molecule is CCc1nc2ccc(C(=O)Nc3ccc(C(N)=O)cc3)cn2c1N(C)CCN1CCOCC1. The Labute approximate surface area is 193 Å². The van der Waals surface area contributed by atoms with Crippen molar-refractivity contribution in [1.29, 1.82) is 0 Å². The minimum atomic E-state index is -0.504. The van der Waals surface area contributed by atoms with Gasteiger partial charge in [0, 0.05) is 50.7 Å². The maximum Gasteiger partial charge on any atom is 0.257 e. The second-order valence-electron chi connectivity index (χ2n) is 8.15. The molecule has 9 heteroatoms. The summed E-state index contributed by atoms with van der Waals surface area (Å²) in [6, 6.07) is 10.1. The van der Waals surface area contributed by atoms with E-state index in [0.29, 0.717) is 16.8 Å². The number of rotatable bonds is 8. The van der Waals surface area contributed by atoms with E-state index >= 15 is 0 Å². The molecule has 0 aliphatic carbocycles. The molecule has 0 radical (unpaired) electrons. The van der Waals surface area contributed by atoms with E-state index in [1.54, 1.807) is 30.3 Å². The van der Waals surface area contributed by atoms with Gasteiger partial charge in [0.15, 0.2) is 0 Å². The number of fused-ring (bicyclic) bond motifs is 1. The number of carbonyl (C=O) groups is 2. The normalized spacial score (nSPS) is 14.4. The highest BCUT2D eigenvalue weighted by Gasteiger charge is 2.18. The van der Waals surface area contributed by atoms with Crippen LogP contribution in [0.5, 0.6) is 0 Å². The Morgan fingerprint density at radius 3 is 2.48 bits per heavy atom. The Hall–Kier alpha value is -3.43. The fourth-order valence-corrected chi connectivity index (χ4v) is 4.00. The number of hydrogen-bond donors (Lipinski definition) is 2. The molecule has 0 bridgehead atoms. The number of imidazole rings is 1. The highest BCUT2D eigenvalue weighted by Crippen LogP contribution is 2.23. The molecule has 1 saturated heterocycles. The fraction of sp³-hybridized carbons (Fsp3) is 0.375.